The topological polar surface area (TPSA) is 67.4 Å². The molecule has 1 aromatic rings. The van der Waals surface area contributed by atoms with Gasteiger partial charge in [0, 0.05) is 25.9 Å². The zero-order chi connectivity index (χ0) is 14.5. The molecule has 6 heteroatoms. The minimum atomic E-state index is -3.49. The highest BCUT2D eigenvalue weighted by molar-refractivity contribution is 7.89. The first-order valence-electron chi connectivity index (χ1n) is 6.22. The molecule has 0 aliphatic heterocycles. The van der Waals surface area contributed by atoms with Crippen molar-refractivity contribution in [3.05, 3.63) is 24.3 Å². The summed E-state index contributed by atoms with van der Waals surface area (Å²) >= 11 is 0. The Morgan fingerprint density at radius 2 is 1.79 bits per heavy atom. The van der Waals surface area contributed by atoms with Gasteiger partial charge in [-0.1, -0.05) is 0 Å². The first-order valence-corrected chi connectivity index (χ1v) is 7.70. The lowest BCUT2D eigenvalue weighted by Gasteiger charge is -2.24. The van der Waals surface area contributed by atoms with Crippen LogP contribution in [-0.2, 0) is 14.8 Å². The minimum Gasteiger partial charge on any atom is -0.388 e. The fourth-order valence-electron chi connectivity index (χ4n) is 1.59. The predicted octanol–water partition coefficient (Wildman–Crippen LogP) is 1.82. The molecule has 5 nitrogen and oxygen atoms in total. The summed E-state index contributed by atoms with van der Waals surface area (Å²) in [4.78, 5) is 0.249. The van der Waals surface area contributed by atoms with Crippen molar-refractivity contribution in [2.75, 3.05) is 25.5 Å². The molecule has 0 atom stereocenters. The van der Waals surface area contributed by atoms with E-state index in [0.717, 1.165) is 5.69 Å². The normalized spacial score (nSPS) is 12.4. The van der Waals surface area contributed by atoms with E-state index in [0.29, 0.717) is 6.61 Å². The Morgan fingerprint density at radius 3 is 2.26 bits per heavy atom. The molecule has 2 N–H and O–H groups in total. The lowest BCUT2D eigenvalue weighted by molar-refractivity contribution is -0.00515. The standard InChI is InChI=1S/C13H22N2O3S/c1-5-18-13(2,3)10-15-19(16,17)12-8-6-11(14-4)7-9-12/h6-9,14-15H,5,10H2,1-4H3. The second-order valence-corrected chi connectivity index (χ2v) is 6.56. The van der Waals surface area contributed by atoms with Crippen LogP contribution in [0.15, 0.2) is 29.2 Å². The Kier molecular flexibility index (Phi) is 5.34. The average Bonchev–Trinajstić information content (AvgIpc) is 2.37. The van der Waals surface area contributed by atoms with Crippen LogP contribution in [0.1, 0.15) is 20.8 Å². The number of rotatable bonds is 7. The van der Waals surface area contributed by atoms with Crippen LogP contribution in [0.2, 0.25) is 0 Å². The van der Waals surface area contributed by atoms with Crippen LogP contribution >= 0.6 is 0 Å². The van der Waals surface area contributed by atoms with E-state index in [1.807, 2.05) is 20.8 Å². The van der Waals surface area contributed by atoms with Gasteiger partial charge < -0.3 is 10.1 Å². The number of anilines is 1. The summed E-state index contributed by atoms with van der Waals surface area (Å²) < 4.78 is 32.2. The van der Waals surface area contributed by atoms with E-state index in [1.54, 1.807) is 31.3 Å². The predicted molar refractivity (Wildman–Crippen MR) is 76.9 cm³/mol. The number of hydrogen-bond donors (Lipinski definition) is 2. The van der Waals surface area contributed by atoms with Gasteiger partial charge in [0.05, 0.1) is 10.5 Å². The van der Waals surface area contributed by atoms with Gasteiger partial charge in [0.1, 0.15) is 0 Å². The van der Waals surface area contributed by atoms with E-state index in [-0.39, 0.29) is 11.4 Å². The third kappa shape index (κ3) is 4.81. The second kappa shape index (κ2) is 6.36. The van der Waals surface area contributed by atoms with E-state index in [9.17, 15) is 8.42 Å². The number of sulfonamides is 1. The van der Waals surface area contributed by atoms with Crippen molar-refractivity contribution in [1.29, 1.82) is 0 Å². The number of benzene rings is 1. The third-order valence-electron chi connectivity index (χ3n) is 2.68. The highest BCUT2D eigenvalue weighted by Crippen LogP contribution is 2.14. The molecule has 108 valence electrons. The van der Waals surface area contributed by atoms with Crippen LogP contribution in [0.4, 0.5) is 5.69 Å². The molecule has 0 radical (unpaired) electrons. The van der Waals surface area contributed by atoms with Gasteiger partial charge in [-0.2, -0.15) is 0 Å². The van der Waals surface area contributed by atoms with E-state index < -0.39 is 15.6 Å². The van der Waals surface area contributed by atoms with Gasteiger partial charge in [-0.3, -0.25) is 0 Å². The first-order chi connectivity index (χ1) is 8.80. The van der Waals surface area contributed by atoms with Gasteiger partial charge in [0.15, 0.2) is 0 Å². The van der Waals surface area contributed by atoms with Crippen LogP contribution in [0, 0.1) is 0 Å². The number of ether oxygens (including phenoxy) is 1. The molecule has 0 heterocycles. The molecule has 0 unspecified atom stereocenters. The van der Waals surface area contributed by atoms with Crippen molar-refractivity contribution in [1.82, 2.24) is 4.72 Å². The van der Waals surface area contributed by atoms with Gasteiger partial charge in [-0.15, -0.1) is 0 Å². The third-order valence-corrected chi connectivity index (χ3v) is 4.09. The van der Waals surface area contributed by atoms with Crippen molar-refractivity contribution >= 4 is 15.7 Å². The number of hydrogen-bond acceptors (Lipinski definition) is 4. The van der Waals surface area contributed by atoms with Crippen LogP contribution in [-0.4, -0.2) is 34.2 Å². The molecule has 0 saturated carbocycles. The summed E-state index contributed by atoms with van der Waals surface area (Å²) in [7, 11) is -1.71. The molecule has 1 aromatic carbocycles. The molecule has 0 spiro atoms. The molecule has 0 aliphatic carbocycles. The monoisotopic (exact) mass is 286 g/mol. The summed E-state index contributed by atoms with van der Waals surface area (Å²) in [6, 6.07) is 6.59. The fourth-order valence-corrected chi connectivity index (χ4v) is 2.79. The van der Waals surface area contributed by atoms with Gasteiger partial charge in [-0.05, 0) is 45.0 Å². The van der Waals surface area contributed by atoms with Crippen molar-refractivity contribution in [2.24, 2.45) is 0 Å². The van der Waals surface area contributed by atoms with Gasteiger partial charge in [0.25, 0.3) is 0 Å². The van der Waals surface area contributed by atoms with Crippen LogP contribution in [0.25, 0.3) is 0 Å². The molecular formula is C13H22N2O3S. The summed E-state index contributed by atoms with van der Waals surface area (Å²) in [6.45, 7) is 6.36. The van der Waals surface area contributed by atoms with E-state index in [2.05, 4.69) is 10.0 Å². The van der Waals surface area contributed by atoms with Gasteiger partial charge in [-0.25, -0.2) is 13.1 Å². The van der Waals surface area contributed by atoms with Crippen LogP contribution < -0.4 is 10.0 Å². The summed E-state index contributed by atoms with van der Waals surface area (Å²) in [5.74, 6) is 0. The maximum Gasteiger partial charge on any atom is 0.240 e. The average molecular weight is 286 g/mol. The van der Waals surface area contributed by atoms with Crippen molar-refractivity contribution in [3.63, 3.8) is 0 Å². The largest absolute Gasteiger partial charge is 0.388 e. The Balaban J connectivity index is 2.75. The second-order valence-electron chi connectivity index (χ2n) is 4.79. The van der Waals surface area contributed by atoms with Crippen molar-refractivity contribution in [3.8, 4) is 0 Å². The highest BCUT2D eigenvalue weighted by atomic mass is 32.2. The molecule has 0 fully saturated rings. The lowest BCUT2D eigenvalue weighted by atomic mass is 10.1. The molecule has 19 heavy (non-hydrogen) atoms. The summed E-state index contributed by atoms with van der Waals surface area (Å²) in [6.07, 6.45) is 0. The number of nitrogens with one attached hydrogen (secondary N) is 2. The zero-order valence-electron chi connectivity index (χ0n) is 11.9. The molecule has 0 amide bonds. The van der Waals surface area contributed by atoms with Gasteiger partial charge >= 0.3 is 0 Å². The molecule has 0 saturated heterocycles. The van der Waals surface area contributed by atoms with Gasteiger partial charge in [0.2, 0.25) is 10.0 Å². The van der Waals surface area contributed by atoms with Crippen molar-refractivity contribution in [2.45, 2.75) is 31.3 Å². The smallest absolute Gasteiger partial charge is 0.240 e. The van der Waals surface area contributed by atoms with E-state index >= 15 is 0 Å². The van der Waals surface area contributed by atoms with Crippen LogP contribution in [0.5, 0.6) is 0 Å². The van der Waals surface area contributed by atoms with Crippen molar-refractivity contribution < 1.29 is 13.2 Å². The molecule has 0 aliphatic rings. The highest BCUT2D eigenvalue weighted by Gasteiger charge is 2.22. The maximum atomic E-state index is 12.1. The fraction of sp³-hybridized carbons (Fsp3) is 0.538. The molecule has 0 aromatic heterocycles. The quantitative estimate of drug-likeness (QED) is 0.802. The summed E-state index contributed by atoms with van der Waals surface area (Å²) in [5, 5.41) is 2.94. The maximum absolute atomic E-state index is 12.1. The van der Waals surface area contributed by atoms with E-state index in [1.165, 1.54) is 0 Å². The van der Waals surface area contributed by atoms with Crippen LogP contribution in [0.3, 0.4) is 0 Å². The summed E-state index contributed by atoms with van der Waals surface area (Å²) in [5.41, 5.74) is 0.348. The first kappa shape index (κ1) is 15.9. The molecule has 1 rings (SSSR count). The Morgan fingerprint density at radius 1 is 1.21 bits per heavy atom. The Labute approximate surface area is 115 Å². The lowest BCUT2D eigenvalue weighted by Crippen LogP contribution is -2.40. The molecular weight excluding hydrogens is 264 g/mol. The van der Waals surface area contributed by atoms with E-state index in [4.69, 9.17) is 4.74 Å². The Bertz CT molecular complexity index is 495. The SMILES string of the molecule is CCOC(C)(C)CNS(=O)(=O)c1ccc(NC)cc1. The zero-order valence-corrected chi connectivity index (χ0v) is 12.7. The minimum absolute atomic E-state index is 0.233. The molecule has 0 bridgehead atoms. The Hall–Kier alpha value is -1.11.